The van der Waals surface area contributed by atoms with E-state index in [9.17, 15) is 4.39 Å². The van der Waals surface area contributed by atoms with E-state index in [4.69, 9.17) is 11.5 Å². The van der Waals surface area contributed by atoms with Crippen molar-refractivity contribution in [3.63, 3.8) is 0 Å². The number of nitrogen functional groups attached to an aromatic ring is 1. The van der Waals surface area contributed by atoms with Gasteiger partial charge < -0.3 is 11.5 Å². The minimum Gasteiger partial charge on any atom is -0.404 e. The van der Waals surface area contributed by atoms with Crippen molar-refractivity contribution < 1.29 is 4.39 Å². The van der Waals surface area contributed by atoms with Crippen molar-refractivity contribution in [2.24, 2.45) is 10.7 Å². The first-order valence-electron chi connectivity index (χ1n) is 4.08. The summed E-state index contributed by atoms with van der Waals surface area (Å²) in [4.78, 5) is 3.78. The number of anilines is 1. The van der Waals surface area contributed by atoms with E-state index in [-0.39, 0.29) is 0 Å². The molecule has 0 aromatic heterocycles. The highest BCUT2D eigenvalue weighted by Crippen LogP contribution is 2.18. The quantitative estimate of drug-likeness (QED) is 0.551. The van der Waals surface area contributed by atoms with Crippen molar-refractivity contribution in [3.8, 4) is 0 Å². The van der Waals surface area contributed by atoms with E-state index in [1.54, 1.807) is 19.2 Å². The second kappa shape index (κ2) is 4.41. The molecule has 0 fully saturated rings. The van der Waals surface area contributed by atoms with E-state index in [1.165, 1.54) is 18.5 Å². The lowest BCUT2D eigenvalue weighted by atomic mass is 10.1. The molecule has 1 aromatic rings. The number of nitrogens with two attached hydrogens (primary N) is 2. The van der Waals surface area contributed by atoms with Gasteiger partial charge in [0, 0.05) is 36.3 Å². The fourth-order valence-electron chi connectivity index (χ4n) is 1.11. The first-order valence-corrected chi connectivity index (χ1v) is 4.08. The number of allylic oxidation sites excluding steroid dienone is 1. The molecule has 0 saturated carbocycles. The number of rotatable bonds is 2. The molecule has 0 aliphatic rings. The van der Waals surface area contributed by atoms with Gasteiger partial charge in [0.1, 0.15) is 5.82 Å². The van der Waals surface area contributed by atoms with Crippen LogP contribution in [0.5, 0.6) is 0 Å². The van der Waals surface area contributed by atoms with E-state index in [2.05, 4.69) is 4.99 Å². The zero-order chi connectivity index (χ0) is 10.6. The lowest BCUT2D eigenvalue weighted by Crippen LogP contribution is -1.96. The van der Waals surface area contributed by atoms with Crippen molar-refractivity contribution in [3.05, 3.63) is 35.8 Å². The van der Waals surface area contributed by atoms with Gasteiger partial charge in [0.05, 0.1) is 0 Å². The van der Waals surface area contributed by atoms with Crippen LogP contribution in [0.1, 0.15) is 5.56 Å². The average molecular weight is 193 g/mol. The predicted octanol–water partition coefficient (Wildman–Crippen LogP) is 1.41. The molecule has 0 spiro atoms. The topological polar surface area (TPSA) is 64.4 Å². The molecule has 0 heterocycles. The smallest absolute Gasteiger partial charge is 0.133 e. The molecule has 0 bridgehead atoms. The predicted molar refractivity (Wildman–Crippen MR) is 57.4 cm³/mol. The maximum absolute atomic E-state index is 13.4. The molecule has 4 N–H and O–H groups in total. The van der Waals surface area contributed by atoms with Crippen LogP contribution in [0.2, 0.25) is 0 Å². The van der Waals surface area contributed by atoms with Gasteiger partial charge in [-0.1, -0.05) is 0 Å². The zero-order valence-corrected chi connectivity index (χ0v) is 7.87. The molecule has 0 unspecified atom stereocenters. The number of hydrogen-bond acceptors (Lipinski definition) is 3. The summed E-state index contributed by atoms with van der Waals surface area (Å²) in [6.07, 6.45) is 2.80. The molecule has 1 rings (SSSR count). The number of hydrogen-bond donors (Lipinski definition) is 2. The molecule has 74 valence electrons. The van der Waals surface area contributed by atoms with Gasteiger partial charge in [-0.2, -0.15) is 0 Å². The summed E-state index contributed by atoms with van der Waals surface area (Å²) in [6.45, 7) is 0. The maximum atomic E-state index is 13.4. The summed E-state index contributed by atoms with van der Waals surface area (Å²) in [5, 5.41) is 0. The van der Waals surface area contributed by atoms with Crippen molar-refractivity contribution in [2.45, 2.75) is 0 Å². The highest BCUT2D eigenvalue weighted by molar-refractivity contribution is 6.09. The Morgan fingerprint density at radius 2 is 2.21 bits per heavy atom. The van der Waals surface area contributed by atoms with Crippen LogP contribution < -0.4 is 11.5 Å². The second-order valence-corrected chi connectivity index (χ2v) is 2.75. The Balaban J connectivity index is 3.18. The van der Waals surface area contributed by atoms with Crippen LogP contribution >= 0.6 is 0 Å². The van der Waals surface area contributed by atoms with Crippen molar-refractivity contribution >= 4 is 17.5 Å². The first kappa shape index (κ1) is 10.2. The summed E-state index contributed by atoms with van der Waals surface area (Å²) in [7, 11) is 1.60. The van der Waals surface area contributed by atoms with Crippen LogP contribution in [0, 0.1) is 5.82 Å². The molecule has 0 radical (unpaired) electrons. The summed E-state index contributed by atoms with van der Waals surface area (Å²) >= 11 is 0. The van der Waals surface area contributed by atoms with Gasteiger partial charge in [-0.3, -0.25) is 4.99 Å². The largest absolute Gasteiger partial charge is 0.404 e. The number of nitrogens with zero attached hydrogens (tertiary/aromatic N) is 1. The third-order valence-corrected chi connectivity index (χ3v) is 1.75. The van der Waals surface area contributed by atoms with Gasteiger partial charge in [-0.25, -0.2) is 4.39 Å². The lowest BCUT2D eigenvalue weighted by molar-refractivity contribution is 0.625. The van der Waals surface area contributed by atoms with Gasteiger partial charge >= 0.3 is 0 Å². The van der Waals surface area contributed by atoms with Gasteiger partial charge in [0.25, 0.3) is 0 Å². The van der Waals surface area contributed by atoms with Crippen LogP contribution in [0.4, 0.5) is 10.1 Å². The van der Waals surface area contributed by atoms with Crippen molar-refractivity contribution in [1.82, 2.24) is 0 Å². The maximum Gasteiger partial charge on any atom is 0.133 e. The van der Waals surface area contributed by atoms with Gasteiger partial charge in [-0.05, 0) is 18.2 Å². The molecule has 3 nitrogen and oxygen atoms in total. The molecule has 0 atom stereocenters. The molecule has 0 saturated heterocycles. The van der Waals surface area contributed by atoms with Crippen LogP contribution in [0.15, 0.2) is 29.4 Å². The second-order valence-electron chi connectivity index (χ2n) is 2.75. The monoisotopic (exact) mass is 193 g/mol. The van der Waals surface area contributed by atoms with Crippen molar-refractivity contribution in [2.75, 3.05) is 12.8 Å². The average Bonchev–Trinajstić information content (AvgIpc) is 2.15. The van der Waals surface area contributed by atoms with Gasteiger partial charge in [0.2, 0.25) is 0 Å². The summed E-state index contributed by atoms with van der Waals surface area (Å²) < 4.78 is 13.4. The highest BCUT2D eigenvalue weighted by Gasteiger charge is 2.05. The zero-order valence-electron chi connectivity index (χ0n) is 7.87. The van der Waals surface area contributed by atoms with E-state index in [0.29, 0.717) is 16.8 Å². The van der Waals surface area contributed by atoms with E-state index in [1.807, 2.05) is 0 Å². The third kappa shape index (κ3) is 2.10. The SMILES string of the molecule is CN=C/C(=C\N)c1ccc(N)cc1F. The standard InChI is InChI=1S/C10H12FN3/c1-14-6-7(5-12)9-3-2-8(13)4-10(9)11/h2-6H,12-13H2,1H3/b7-5+,14-6?. The van der Waals surface area contributed by atoms with Crippen LogP contribution in [0.3, 0.4) is 0 Å². The molecule has 14 heavy (non-hydrogen) atoms. The van der Waals surface area contributed by atoms with E-state index in [0.717, 1.165) is 0 Å². The highest BCUT2D eigenvalue weighted by atomic mass is 19.1. The Labute approximate surface area is 81.9 Å². The van der Waals surface area contributed by atoms with E-state index >= 15 is 0 Å². The normalized spacial score (nSPS) is 12.3. The fourth-order valence-corrected chi connectivity index (χ4v) is 1.11. The Hall–Kier alpha value is -1.84. The van der Waals surface area contributed by atoms with Crippen LogP contribution in [-0.4, -0.2) is 13.3 Å². The first-order chi connectivity index (χ1) is 6.69. The van der Waals surface area contributed by atoms with Crippen molar-refractivity contribution in [1.29, 1.82) is 0 Å². The fraction of sp³-hybridized carbons (Fsp3) is 0.100. The summed E-state index contributed by atoms with van der Waals surface area (Å²) in [5.41, 5.74) is 12.1. The number of halogens is 1. The molecule has 0 amide bonds. The molecular weight excluding hydrogens is 181 g/mol. The lowest BCUT2D eigenvalue weighted by Gasteiger charge is -2.03. The van der Waals surface area contributed by atoms with Crippen LogP contribution in [0.25, 0.3) is 5.57 Å². The molecule has 0 aliphatic carbocycles. The Bertz CT molecular complexity index is 383. The summed E-state index contributed by atoms with van der Waals surface area (Å²) in [6, 6.07) is 4.44. The molecule has 0 aliphatic heterocycles. The van der Waals surface area contributed by atoms with Crippen LogP contribution in [-0.2, 0) is 0 Å². The number of benzene rings is 1. The Morgan fingerprint density at radius 3 is 2.71 bits per heavy atom. The third-order valence-electron chi connectivity index (χ3n) is 1.75. The Morgan fingerprint density at radius 1 is 1.50 bits per heavy atom. The van der Waals surface area contributed by atoms with E-state index < -0.39 is 5.82 Å². The van der Waals surface area contributed by atoms with Gasteiger partial charge in [-0.15, -0.1) is 0 Å². The minimum atomic E-state index is -0.401. The Kier molecular flexibility index (Phi) is 3.23. The number of aliphatic imine (C=N–C) groups is 1. The summed E-state index contributed by atoms with van der Waals surface area (Å²) in [5.74, 6) is -0.401. The van der Waals surface area contributed by atoms with Gasteiger partial charge in [0.15, 0.2) is 0 Å². The molecule has 1 aromatic carbocycles. The molecular formula is C10H12FN3. The molecule has 4 heteroatoms. The minimum absolute atomic E-state index is 0.385.